The maximum atomic E-state index is 12.0. The molecular weight excluding hydrogens is 276 g/mol. The fraction of sp³-hybridized carbons (Fsp3) is 0.286. The summed E-state index contributed by atoms with van der Waals surface area (Å²) in [7, 11) is 1.61. The van der Waals surface area contributed by atoms with Crippen LogP contribution in [0.25, 0.3) is 0 Å². The highest BCUT2D eigenvalue weighted by molar-refractivity contribution is 7.80. The normalized spacial score (nSPS) is 14.4. The Kier molecular flexibility index (Phi) is 4.57. The molecule has 0 saturated carbocycles. The van der Waals surface area contributed by atoms with Crippen molar-refractivity contribution in [3.8, 4) is 5.75 Å². The van der Waals surface area contributed by atoms with Gasteiger partial charge in [0.1, 0.15) is 12.4 Å². The molecule has 20 heavy (non-hydrogen) atoms. The third-order valence-electron chi connectivity index (χ3n) is 2.95. The van der Waals surface area contributed by atoms with Gasteiger partial charge >= 0.3 is 5.97 Å². The Labute approximate surface area is 123 Å². The van der Waals surface area contributed by atoms with Gasteiger partial charge in [-0.25, -0.2) is 4.79 Å². The van der Waals surface area contributed by atoms with E-state index in [-0.39, 0.29) is 12.6 Å². The van der Waals surface area contributed by atoms with E-state index in [1.807, 2.05) is 24.3 Å². The first-order valence-electron chi connectivity index (χ1n) is 6.15. The van der Waals surface area contributed by atoms with Crippen molar-refractivity contribution in [1.82, 2.24) is 10.6 Å². The lowest BCUT2D eigenvalue weighted by molar-refractivity contribution is -0.140. The lowest BCUT2D eigenvalue weighted by atomic mass is 10.2. The van der Waals surface area contributed by atoms with Gasteiger partial charge in [-0.15, -0.1) is 0 Å². The number of allylic oxidation sites excluding steroid dienone is 1. The third-order valence-corrected chi connectivity index (χ3v) is 3.20. The van der Waals surface area contributed by atoms with Gasteiger partial charge in [0.25, 0.3) is 0 Å². The highest BCUT2D eigenvalue weighted by Gasteiger charge is 2.19. The molecule has 0 unspecified atom stereocenters. The Morgan fingerprint density at radius 1 is 1.35 bits per heavy atom. The van der Waals surface area contributed by atoms with Gasteiger partial charge in [-0.2, -0.15) is 0 Å². The highest BCUT2D eigenvalue weighted by atomic mass is 32.1. The van der Waals surface area contributed by atoms with E-state index >= 15 is 0 Å². The minimum atomic E-state index is -0.346. The SMILES string of the molecule is COc1ccc(COC(=O)C2=C(C)NC(=S)NC2)cc1. The van der Waals surface area contributed by atoms with Gasteiger partial charge in [0.2, 0.25) is 0 Å². The molecule has 0 fully saturated rings. The number of ether oxygens (including phenoxy) is 2. The Hall–Kier alpha value is -2.08. The van der Waals surface area contributed by atoms with Gasteiger partial charge < -0.3 is 20.1 Å². The summed E-state index contributed by atoms with van der Waals surface area (Å²) in [6.45, 7) is 2.42. The monoisotopic (exact) mass is 292 g/mol. The van der Waals surface area contributed by atoms with Crippen molar-refractivity contribution in [1.29, 1.82) is 0 Å². The number of nitrogens with one attached hydrogen (secondary N) is 2. The Balaban J connectivity index is 1.94. The molecule has 1 aliphatic heterocycles. The van der Waals surface area contributed by atoms with Crippen molar-refractivity contribution in [2.75, 3.05) is 13.7 Å². The molecule has 1 aromatic rings. The fourth-order valence-corrected chi connectivity index (χ4v) is 2.00. The maximum absolute atomic E-state index is 12.0. The molecule has 106 valence electrons. The predicted octanol–water partition coefficient (Wildman–Crippen LogP) is 1.49. The average Bonchev–Trinajstić information content (AvgIpc) is 2.45. The number of hydrogen-bond acceptors (Lipinski definition) is 4. The van der Waals surface area contributed by atoms with Crippen LogP contribution in [-0.4, -0.2) is 24.7 Å². The van der Waals surface area contributed by atoms with Crippen LogP contribution < -0.4 is 15.4 Å². The zero-order valence-electron chi connectivity index (χ0n) is 11.4. The van der Waals surface area contributed by atoms with Gasteiger partial charge in [-0.1, -0.05) is 12.1 Å². The van der Waals surface area contributed by atoms with Crippen LogP contribution >= 0.6 is 12.2 Å². The summed E-state index contributed by atoms with van der Waals surface area (Å²) in [5.74, 6) is 0.425. The van der Waals surface area contributed by atoms with E-state index in [0.717, 1.165) is 17.0 Å². The number of carbonyl (C=O) groups is 1. The Morgan fingerprint density at radius 3 is 2.65 bits per heavy atom. The molecule has 1 aliphatic rings. The number of hydrogen-bond donors (Lipinski definition) is 2. The second-order valence-electron chi connectivity index (χ2n) is 4.34. The molecule has 0 bridgehead atoms. The summed E-state index contributed by atoms with van der Waals surface area (Å²) in [4.78, 5) is 12.0. The van der Waals surface area contributed by atoms with Crippen LogP contribution in [0.3, 0.4) is 0 Å². The first-order chi connectivity index (χ1) is 9.60. The molecule has 0 amide bonds. The molecule has 0 radical (unpaired) electrons. The minimum absolute atomic E-state index is 0.226. The second-order valence-corrected chi connectivity index (χ2v) is 4.74. The first-order valence-corrected chi connectivity index (χ1v) is 6.55. The summed E-state index contributed by atoms with van der Waals surface area (Å²) in [5.41, 5.74) is 2.20. The number of benzene rings is 1. The van der Waals surface area contributed by atoms with Crippen molar-refractivity contribution in [2.24, 2.45) is 0 Å². The minimum Gasteiger partial charge on any atom is -0.497 e. The molecule has 1 aromatic carbocycles. The molecule has 0 atom stereocenters. The third kappa shape index (κ3) is 3.48. The van der Waals surface area contributed by atoms with Gasteiger partial charge in [0.05, 0.1) is 19.2 Å². The van der Waals surface area contributed by atoms with Crippen LogP contribution in [0.5, 0.6) is 5.75 Å². The summed E-state index contributed by atoms with van der Waals surface area (Å²) in [5, 5.41) is 6.33. The largest absolute Gasteiger partial charge is 0.497 e. The highest BCUT2D eigenvalue weighted by Crippen LogP contribution is 2.13. The van der Waals surface area contributed by atoms with E-state index in [1.165, 1.54) is 0 Å². The quantitative estimate of drug-likeness (QED) is 0.648. The summed E-state index contributed by atoms with van der Waals surface area (Å²) < 4.78 is 10.4. The molecule has 0 aromatic heterocycles. The Morgan fingerprint density at radius 2 is 2.05 bits per heavy atom. The topological polar surface area (TPSA) is 59.6 Å². The molecule has 0 aliphatic carbocycles. The van der Waals surface area contributed by atoms with Crippen LogP contribution in [0.15, 0.2) is 35.5 Å². The van der Waals surface area contributed by atoms with Crippen LogP contribution in [0, 0.1) is 0 Å². The zero-order valence-corrected chi connectivity index (χ0v) is 12.2. The number of rotatable bonds is 4. The smallest absolute Gasteiger partial charge is 0.337 e. The van der Waals surface area contributed by atoms with E-state index in [1.54, 1.807) is 14.0 Å². The van der Waals surface area contributed by atoms with Crippen LogP contribution in [0.1, 0.15) is 12.5 Å². The van der Waals surface area contributed by atoms with E-state index in [4.69, 9.17) is 21.7 Å². The molecule has 1 heterocycles. The van der Waals surface area contributed by atoms with Crippen molar-refractivity contribution >= 4 is 23.3 Å². The summed E-state index contributed by atoms with van der Waals surface area (Å²) in [6.07, 6.45) is 0. The zero-order chi connectivity index (χ0) is 14.5. The number of carbonyl (C=O) groups excluding carboxylic acids is 1. The summed E-state index contributed by atoms with van der Waals surface area (Å²) >= 11 is 4.97. The second kappa shape index (κ2) is 6.38. The first kappa shape index (κ1) is 14.3. The molecule has 6 heteroatoms. The molecule has 2 N–H and O–H groups in total. The van der Waals surface area contributed by atoms with Crippen molar-refractivity contribution in [2.45, 2.75) is 13.5 Å². The van der Waals surface area contributed by atoms with E-state index in [0.29, 0.717) is 17.2 Å². The number of methoxy groups -OCH3 is 1. The Bertz CT molecular complexity index is 552. The van der Waals surface area contributed by atoms with Gasteiger partial charge in [0.15, 0.2) is 5.11 Å². The van der Waals surface area contributed by atoms with Gasteiger partial charge in [-0.3, -0.25) is 0 Å². The van der Waals surface area contributed by atoms with Crippen LogP contribution in [-0.2, 0) is 16.1 Å². The number of esters is 1. The molecular formula is C14H16N2O3S. The van der Waals surface area contributed by atoms with Gasteiger partial charge in [0, 0.05) is 5.70 Å². The van der Waals surface area contributed by atoms with Gasteiger partial charge in [-0.05, 0) is 36.8 Å². The lowest BCUT2D eigenvalue weighted by Gasteiger charge is -2.20. The predicted molar refractivity (Wildman–Crippen MR) is 79.2 cm³/mol. The molecule has 0 saturated heterocycles. The summed E-state index contributed by atoms with van der Waals surface area (Å²) in [6, 6.07) is 7.38. The van der Waals surface area contributed by atoms with Crippen LogP contribution in [0.4, 0.5) is 0 Å². The van der Waals surface area contributed by atoms with E-state index in [2.05, 4.69) is 10.6 Å². The van der Waals surface area contributed by atoms with Crippen molar-refractivity contribution in [3.05, 3.63) is 41.1 Å². The standard InChI is InChI=1S/C14H16N2O3S/c1-9-12(7-15-14(20)16-9)13(17)19-8-10-3-5-11(18-2)6-4-10/h3-6H,7-8H2,1-2H3,(H2,15,16,20). The fourth-order valence-electron chi connectivity index (χ4n) is 1.77. The molecule has 0 spiro atoms. The molecule has 2 rings (SSSR count). The van der Waals surface area contributed by atoms with Crippen molar-refractivity contribution in [3.63, 3.8) is 0 Å². The number of thiocarbonyl (C=S) groups is 1. The lowest BCUT2D eigenvalue weighted by Crippen LogP contribution is -2.42. The van der Waals surface area contributed by atoms with E-state index in [9.17, 15) is 4.79 Å². The maximum Gasteiger partial charge on any atom is 0.337 e. The van der Waals surface area contributed by atoms with Crippen molar-refractivity contribution < 1.29 is 14.3 Å². The average molecular weight is 292 g/mol. The van der Waals surface area contributed by atoms with E-state index < -0.39 is 0 Å². The van der Waals surface area contributed by atoms with Crippen LogP contribution in [0.2, 0.25) is 0 Å². The molecule has 5 nitrogen and oxygen atoms in total.